The van der Waals surface area contributed by atoms with Crippen LogP contribution in [0.5, 0.6) is 0 Å². The van der Waals surface area contributed by atoms with E-state index >= 15 is 0 Å². The van der Waals surface area contributed by atoms with Crippen LogP contribution in [0.4, 0.5) is 0 Å². The molecule has 0 amide bonds. The number of esters is 1. The molecule has 5 heteroatoms. The fraction of sp³-hybridized carbons (Fsp3) is 0.318. The third-order valence-electron chi connectivity index (χ3n) is 5.46. The Hall–Kier alpha value is -2.95. The fourth-order valence-electron chi connectivity index (χ4n) is 4.01. The number of carbonyl (C=O) groups excluding carboxylic acids is 1. The van der Waals surface area contributed by atoms with Gasteiger partial charge in [-0.3, -0.25) is 14.0 Å². The van der Waals surface area contributed by atoms with E-state index in [0.29, 0.717) is 11.3 Å². The fourth-order valence-corrected chi connectivity index (χ4v) is 4.01. The summed E-state index contributed by atoms with van der Waals surface area (Å²) in [5.41, 5.74) is 2.23. The van der Waals surface area contributed by atoms with Gasteiger partial charge in [0.05, 0.1) is 11.1 Å². The van der Waals surface area contributed by atoms with Crippen molar-refractivity contribution in [1.29, 1.82) is 0 Å². The van der Waals surface area contributed by atoms with E-state index in [0.717, 1.165) is 36.8 Å². The zero-order chi connectivity index (χ0) is 18.9. The second kappa shape index (κ2) is 6.99. The molecule has 0 aliphatic heterocycles. The van der Waals surface area contributed by atoms with Gasteiger partial charge in [0, 0.05) is 12.3 Å². The molecule has 2 aromatic heterocycles. The summed E-state index contributed by atoms with van der Waals surface area (Å²) in [6.07, 6.45) is 5.30. The number of benzene rings is 1. The predicted octanol–water partition coefficient (Wildman–Crippen LogP) is 3.56. The van der Waals surface area contributed by atoms with Crippen molar-refractivity contribution in [2.75, 3.05) is 0 Å². The summed E-state index contributed by atoms with van der Waals surface area (Å²) in [5, 5.41) is 0. The molecular formula is C22H22N2O3. The van der Waals surface area contributed by atoms with Crippen molar-refractivity contribution in [3.63, 3.8) is 0 Å². The van der Waals surface area contributed by atoms with Gasteiger partial charge in [-0.2, -0.15) is 0 Å². The van der Waals surface area contributed by atoms with Crippen LogP contribution in [0, 0.1) is 6.92 Å². The van der Waals surface area contributed by atoms with Gasteiger partial charge in [0.25, 0.3) is 5.56 Å². The number of fused-ring (bicyclic) bond motifs is 1. The molecule has 2 heterocycles. The quantitative estimate of drug-likeness (QED) is 0.666. The van der Waals surface area contributed by atoms with E-state index < -0.39 is 5.41 Å². The molecule has 5 nitrogen and oxygen atoms in total. The van der Waals surface area contributed by atoms with Gasteiger partial charge in [-0.1, -0.05) is 49.2 Å². The molecule has 0 bridgehead atoms. The van der Waals surface area contributed by atoms with Crippen LogP contribution < -0.4 is 5.56 Å². The minimum absolute atomic E-state index is 0.00743. The van der Waals surface area contributed by atoms with Crippen LogP contribution in [-0.2, 0) is 21.6 Å². The number of rotatable bonds is 4. The molecule has 1 aliphatic carbocycles. The average Bonchev–Trinajstić information content (AvgIpc) is 3.19. The van der Waals surface area contributed by atoms with Crippen LogP contribution in [0.25, 0.3) is 5.65 Å². The largest absolute Gasteiger partial charge is 0.458 e. The lowest BCUT2D eigenvalue weighted by molar-refractivity contribution is -0.152. The number of aryl methyl sites for hydroxylation is 1. The summed E-state index contributed by atoms with van der Waals surface area (Å²) in [4.78, 5) is 29.9. The number of carbonyl (C=O) groups is 1. The first-order chi connectivity index (χ1) is 13.1. The number of ether oxygens (including phenoxy) is 1. The van der Waals surface area contributed by atoms with Gasteiger partial charge in [-0.05, 0) is 37.0 Å². The normalized spacial score (nSPS) is 15.7. The second-order valence-corrected chi connectivity index (χ2v) is 7.20. The van der Waals surface area contributed by atoms with Gasteiger partial charge in [0.1, 0.15) is 12.3 Å². The molecule has 138 valence electrons. The van der Waals surface area contributed by atoms with Crippen molar-refractivity contribution in [1.82, 2.24) is 9.38 Å². The van der Waals surface area contributed by atoms with E-state index in [9.17, 15) is 9.59 Å². The van der Waals surface area contributed by atoms with Crippen molar-refractivity contribution in [2.45, 2.75) is 44.6 Å². The van der Waals surface area contributed by atoms with Crippen molar-refractivity contribution in [2.24, 2.45) is 0 Å². The number of nitrogens with zero attached hydrogens (tertiary/aromatic N) is 2. The van der Waals surface area contributed by atoms with Gasteiger partial charge in [0.2, 0.25) is 0 Å². The molecule has 1 aromatic carbocycles. The maximum Gasteiger partial charge on any atom is 0.316 e. The molecule has 1 aliphatic rings. The molecule has 1 fully saturated rings. The lowest BCUT2D eigenvalue weighted by atomic mass is 9.79. The van der Waals surface area contributed by atoms with Gasteiger partial charge in [0.15, 0.2) is 0 Å². The Morgan fingerprint density at radius 1 is 1.15 bits per heavy atom. The lowest BCUT2D eigenvalue weighted by Crippen LogP contribution is -2.34. The predicted molar refractivity (Wildman–Crippen MR) is 103 cm³/mol. The second-order valence-electron chi connectivity index (χ2n) is 7.20. The maximum absolute atomic E-state index is 13.0. The van der Waals surface area contributed by atoms with Crippen molar-refractivity contribution < 1.29 is 9.53 Å². The van der Waals surface area contributed by atoms with E-state index in [4.69, 9.17) is 4.74 Å². The molecule has 0 N–H and O–H groups in total. The zero-order valence-electron chi connectivity index (χ0n) is 15.4. The number of aromatic nitrogens is 2. The third kappa shape index (κ3) is 3.14. The first-order valence-electron chi connectivity index (χ1n) is 9.31. The highest BCUT2D eigenvalue weighted by Gasteiger charge is 2.44. The molecule has 4 rings (SSSR count). The Balaban J connectivity index is 1.59. The molecule has 3 aromatic rings. The lowest BCUT2D eigenvalue weighted by Gasteiger charge is -2.27. The van der Waals surface area contributed by atoms with Crippen LogP contribution >= 0.6 is 0 Å². The van der Waals surface area contributed by atoms with Gasteiger partial charge in [-0.15, -0.1) is 0 Å². The van der Waals surface area contributed by atoms with E-state index in [1.54, 1.807) is 6.20 Å². The first-order valence-corrected chi connectivity index (χ1v) is 9.31. The standard InChI is InChI=1S/C22H22N2O3/c1-16-8-7-13-24-19(25)14-18(23-20(16)24)15-27-21(26)22(11-5-6-12-22)17-9-3-2-4-10-17/h2-4,7-10,13-14H,5-6,11-12,15H2,1H3. The van der Waals surface area contributed by atoms with E-state index in [-0.39, 0.29) is 18.1 Å². The van der Waals surface area contributed by atoms with Crippen LogP contribution in [0.1, 0.15) is 42.5 Å². The summed E-state index contributed by atoms with van der Waals surface area (Å²) in [6.45, 7) is 1.91. The topological polar surface area (TPSA) is 60.7 Å². The van der Waals surface area contributed by atoms with E-state index in [2.05, 4.69) is 4.98 Å². The van der Waals surface area contributed by atoms with E-state index in [1.807, 2.05) is 49.4 Å². The first kappa shape index (κ1) is 17.5. The highest BCUT2D eigenvalue weighted by atomic mass is 16.5. The Morgan fingerprint density at radius 2 is 1.89 bits per heavy atom. The molecule has 0 unspecified atom stereocenters. The molecular weight excluding hydrogens is 340 g/mol. The molecule has 0 spiro atoms. The summed E-state index contributed by atoms with van der Waals surface area (Å²) in [7, 11) is 0. The number of pyridine rings is 1. The highest BCUT2D eigenvalue weighted by molar-refractivity contribution is 5.83. The minimum atomic E-state index is -0.580. The summed E-state index contributed by atoms with van der Waals surface area (Å²) in [6, 6.07) is 15.0. The number of hydrogen-bond donors (Lipinski definition) is 0. The zero-order valence-corrected chi connectivity index (χ0v) is 15.4. The summed E-state index contributed by atoms with van der Waals surface area (Å²) in [5.74, 6) is -0.224. The van der Waals surface area contributed by atoms with Crippen LogP contribution in [0.15, 0.2) is 59.5 Å². The molecule has 1 saturated carbocycles. The van der Waals surface area contributed by atoms with Gasteiger partial charge < -0.3 is 4.74 Å². The maximum atomic E-state index is 13.0. The van der Waals surface area contributed by atoms with Crippen molar-refractivity contribution >= 4 is 11.6 Å². The summed E-state index contributed by atoms with van der Waals surface area (Å²) >= 11 is 0. The smallest absolute Gasteiger partial charge is 0.316 e. The van der Waals surface area contributed by atoms with Gasteiger partial charge in [-0.25, -0.2) is 4.98 Å². The average molecular weight is 362 g/mol. The molecule has 0 radical (unpaired) electrons. The van der Waals surface area contributed by atoms with E-state index in [1.165, 1.54) is 10.5 Å². The van der Waals surface area contributed by atoms with Crippen LogP contribution in [-0.4, -0.2) is 15.4 Å². The van der Waals surface area contributed by atoms with Gasteiger partial charge >= 0.3 is 5.97 Å². The number of hydrogen-bond acceptors (Lipinski definition) is 4. The molecule has 27 heavy (non-hydrogen) atoms. The monoisotopic (exact) mass is 362 g/mol. The highest BCUT2D eigenvalue weighted by Crippen LogP contribution is 2.42. The Bertz CT molecular complexity index is 1030. The Morgan fingerprint density at radius 3 is 2.63 bits per heavy atom. The SMILES string of the molecule is Cc1cccn2c(=O)cc(COC(=O)C3(c4ccccc4)CCCC3)nc12. The summed E-state index contributed by atoms with van der Waals surface area (Å²) < 4.78 is 7.17. The molecule has 0 atom stereocenters. The Labute approximate surface area is 157 Å². The minimum Gasteiger partial charge on any atom is -0.458 e. The van der Waals surface area contributed by atoms with Crippen LogP contribution in [0.2, 0.25) is 0 Å². The Kier molecular flexibility index (Phi) is 4.52. The third-order valence-corrected chi connectivity index (χ3v) is 5.46. The molecule has 0 saturated heterocycles. The van der Waals surface area contributed by atoms with Crippen molar-refractivity contribution in [3.8, 4) is 0 Å². The van der Waals surface area contributed by atoms with Crippen molar-refractivity contribution in [3.05, 3.63) is 81.9 Å². The van der Waals surface area contributed by atoms with Crippen LogP contribution in [0.3, 0.4) is 0 Å².